The number of rotatable bonds is 6. The van der Waals surface area contributed by atoms with Crippen LogP contribution in [0.2, 0.25) is 0 Å². The maximum Gasteiger partial charge on any atom is 0.420 e. The molecule has 0 saturated heterocycles. The first-order valence-electron chi connectivity index (χ1n) is 8.55. The second-order valence-electron chi connectivity index (χ2n) is 6.25. The van der Waals surface area contributed by atoms with Crippen LogP contribution >= 0.6 is 0 Å². The standard InChI is InChI=1S/C19H19N3O5/c1-3-13-4-6-14(7-5-13)12(2)20-18(23)11-21-16-9-8-15(22(25)26)10-17(16)27-19(21)24/h4-10,12H,3,11H2,1-2H3,(H,20,23). The van der Waals surface area contributed by atoms with Crippen LogP contribution in [0.1, 0.15) is 31.0 Å². The fraction of sp³-hybridized carbons (Fsp3) is 0.263. The summed E-state index contributed by atoms with van der Waals surface area (Å²) in [6.07, 6.45) is 0.940. The molecular weight excluding hydrogens is 350 g/mol. The van der Waals surface area contributed by atoms with Gasteiger partial charge in [-0.15, -0.1) is 0 Å². The number of carbonyl (C=O) groups is 1. The van der Waals surface area contributed by atoms with Crippen LogP contribution in [0.3, 0.4) is 0 Å². The van der Waals surface area contributed by atoms with Gasteiger partial charge in [0.2, 0.25) is 5.91 Å². The molecule has 0 bridgehead atoms. The number of non-ortho nitro benzene ring substituents is 1. The Labute approximate surface area is 154 Å². The summed E-state index contributed by atoms with van der Waals surface area (Å²) in [5.74, 6) is -1.09. The highest BCUT2D eigenvalue weighted by molar-refractivity contribution is 5.80. The van der Waals surface area contributed by atoms with Crippen LogP contribution < -0.4 is 11.1 Å². The average molecular weight is 369 g/mol. The smallest absolute Gasteiger partial charge is 0.407 e. The van der Waals surface area contributed by atoms with E-state index in [4.69, 9.17) is 4.42 Å². The Balaban J connectivity index is 1.76. The van der Waals surface area contributed by atoms with E-state index >= 15 is 0 Å². The third kappa shape index (κ3) is 3.89. The van der Waals surface area contributed by atoms with Crippen molar-refractivity contribution in [2.24, 2.45) is 0 Å². The predicted octanol–water partition coefficient (Wildman–Crippen LogP) is 2.94. The van der Waals surface area contributed by atoms with Crippen LogP contribution in [0.15, 0.2) is 51.7 Å². The number of hydrogen-bond donors (Lipinski definition) is 1. The van der Waals surface area contributed by atoms with E-state index in [0.717, 1.165) is 16.6 Å². The maximum absolute atomic E-state index is 12.4. The first-order valence-corrected chi connectivity index (χ1v) is 8.55. The Hall–Kier alpha value is -3.42. The molecule has 0 aliphatic carbocycles. The SMILES string of the molecule is CCc1ccc(C(C)NC(=O)Cn2c(=O)oc3cc([N+](=O)[O-])ccc32)cc1. The molecule has 3 rings (SSSR count). The minimum atomic E-state index is -0.736. The summed E-state index contributed by atoms with van der Waals surface area (Å²) in [5, 5.41) is 13.7. The molecule has 140 valence electrons. The van der Waals surface area contributed by atoms with Crippen molar-refractivity contribution in [3.8, 4) is 0 Å². The zero-order valence-electron chi connectivity index (χ0n) is 15.0. The Morgan fingerprint density at radius 2 is 1.96 bits per heavy atom. The molecule has 1 atom stereocenters. The summed E-state index contributed by atoms with van der Waals surface area (Å²) in [4.78, 5) is 34.6. The predicted molar refractivity (Wildman–Crippen MR) is 99.5 cm³/mol. The number of benzene rings is 2. The van der Waals surface area contributed by atoms with E-state index in [9.17, 15) is 19.7 Å². The Bertz CT molecular complexity index is 1050. The van der Waals surface area contributed by atoms with Crippen molar-refractivity contribution in [3.63, 3.8) is 0 Å². The summed E-state index contributed by atoms with van der Waals surface area (Å²) in [5.41, 5.74) is 2.39. The molecular formula is C19H19N3O5. The number of nitrogens with zero attached hydrogens (tertiary/aromatic N) is 2. The summed E-state index contributed by atoms with van der Waals surface area (Å²) in [6.45, 7) is 3.70. The summed E-state index contributed by atoms with van der Waals surface area (Å²) >= 11 is 0. The summed E-state index contributed by atoms with van der Waals surface area (Å²) in [7, 11) is 0. The second kappa shape index (κ2) is 7.45. The van der Waals surface area contributed by atoms with Gasteiger partial charge in [0.25, 0.3) is 5.69 Å². The summed E-state index contributed by atoms with van der Waals surface area (Å²) < 4.78 is 6.18. The van der Waals surface area contributed by atoms with Crippen molar-refractivity contribution < 1.29 is 14.1 Å². The lowest BCUT2D eigenvalue weighted by Crippen LogP contribution is -2.32. The number of oxazole rings is 1. The Kier molecular flexibility index (Phi) is 5.07. The lowest BCUT2D eigenvalue weighted by molar-refractivity contribution is -0.384. The van der Waals surface area contributed by atoms with E-state index in [1.807, 2.05) is 31.2 Å². The molecule has 0 radical (unpaired) electrons. The largest absolute Gasteiger partial charge is 0.420 e. The number of nitrogens with one attached hydrogen (secondary N) is 1. The normalized spacial score (nSPS) is 12.1. The second-order valence-corrected chi connectivity index (χ2v) is 6.25. The third-order valence-electron chi connectivity index (χ3n) is 4.43. The molecule has 1 aromatic heterocycles. The van der Waals surface area contributed by atoms with Crippen LogP contribution in [0.4, 0.5) is 5.69 Å². The average Bonchev–Trinajstić information content (AvgIpc) is 2.96. The Morgan fingerprint density at radius 1 is 1.26 bits per heavy atom. The lowest BCUT2D eigenvalue weighted by Gasteiger charge is -2.15. The molecule has 0 spiro atoms. The number of amides is 1. The molecule has 0 saturated carbocycles. The molecule has 1 heterocycles. The van der Waals surface area contributed by atoms with Gasteiger partial charge < -0.3 is 9.73 Å². The van der Waals surface area contributed by atoms with Gasteiger partial charge in [-0.25, -0.2) is 4.79 Å². The highest BCUT2D eigenvalue weighted by atomic mass is 16.6. The number of fused-ring (bicyclic) bond motifs is 1. The molecule has 0 fully saturated rings. The number of carbonyl (C=O) groups excluding carboxylic acids is 1. The number of hydrogen-bond acceptors (Lipinski definition) is 5. The molecule has 27 heavy (non-hydrogen) atoms. The third-order valence-corrected chi connectivity index (χ3v) is 4.43. The van der Waals surface area contributed by atoms with Crippen LogP contribution in [0.25, 0.3) is 11.1 Å². The molecule has 1 amide bonds. The quantitative estimate of drug-likeness (QED) is 0.531. The molecule has 0 aliphatic heterocycles. The van der Waals surface area contributed by atoms with Crippen molar-refractivity contribution >= 4 is 22.7 Å². The van der Waals surface area contributed by atoms with Crippen molar-refractivity contribution in [2.45, 2.75) is 32.9 Å². The van der Waals surface area contributed by atoms with Gasteiger partial charge in [-0.1, -0.05) is 31.2 Å². The molecule has 8 nitrogen and oxygen atoms in total. The van der Waals surface area contributed by atoms with Crippen LogP contribution in [0.5, 0.6) is 0 Å². The van der Waals surface area contributed by atoms with E-state index in [-0.39, 0.29) is 29.8 Å². The van der Waals surface area contributed by atoms with Crippen LogP contribution in [-0.4, -0.2) is 15.4 Å². The number of nitro benzene ring substituents is 1. The van der Waals surface area contributed by atoms with Crippen molar-refractivity contribution in [1.29, 1.82) is 0 Å². The van der Waals surface area contributed by atoms with Crippen LogP contribution in [-0.2, 0) is 17.8 Å². The zero-order valence-corrected chi connectivity index (χ0v) is 15.0. The molecule has 1 N–H and O–H groups in total. The number of nitro groups is 1. The molecule has 1 unspecified atom stereocenters. The Morgan fingerprint density at radius 3 is 2.59 bits per heavy atom. The van der Waals surface area contributed by atoms with Crippen molar-refractivity contribution in [3.05, 3.63) is 74.3 Å². The van der Waals surface area contributed by atoms with Crippen molar-refractivity contribution in [2.75, 3.05) is 0 Å². The first kappa shape index (κ1) is 18.4. The van der Waals surface area contributed by atoms with E-state index in [2.05, 4.69) is 12.2 Å². The van der Waals surface area contributed by atoms with Gasteiger partial charge in [-0.05, 0) is 30.5 Å². The molecule has 2 aromatic carbocycles. The maximum atomic E-state index is 12.4. The molecule has 0 aliphatic rings. The highest BCUT2D eigenvalue weighted by Crippen LogP contribution is 2.20. The minimum Gasteiger partial charge on any atom is -0.407 e. The number of aryl methyl sites for hydroxylation is 1. The van der Waals surface area contributed by atoms with Gasteiger partial charge in [-0.3, -0.25) is 19.5 Å². The topological polar surface area (TPSA) is 107 Å². The highest BCUT2D eigenvalue weighted by Gasteiger charge is 2.17. The number of aromatic nitrogens is 1. The van der Waals surface area contributed by atoms with Crippen LogP contribution in [0, 0.1) is 10.1 Å². The molecule has 3 aromatic rings. The fourth-order valence-electron chi connectivity index (χ4n) is 2.87. The lowest BCUT2D eigenvalue weighted by atomic mass is 10.1. The van der Waals surface area contributed by atoms with E-state index in [1.165, 1.54) is 23.8 Å². The van der Waals surface area contributed by atoms with Gasteiger partial charge in [0.15, 0.2) is 5.58 Å². The van der Waals surface area contributed by atoms with Gasteiger partial charge in [0.1, 0.15) is 6.54 Å². The monoisotopic (exact) mass is 369 g/mol. The minimum absolute atomic E-state index is 0.0743. The van der Waals surface area contributed by atoms with Gasteiger partial charge in [0.05, 0.1) is 22.5 Å². The van der Waals surface area contributed by atoms with Gasteiger partial charge >= 0.3 is 5.76 Å². The van der Waals surface area contributed by atoms with Crippen molar-refractivity contribution in [1.82, 2.24) is 9.88 Å². The van der Waals surface area contributed by atoms with E-state index in [0.29, 0.717) is 5.52 Å². The van der Waals surface area contributed by atoms with E-state index in [1.54, 1.807) is 0 Å². The molecule has 8 heteroatoms. The fourth-order valence-corrected chi connectivity index (χ4v) is 2.87. The first-order chi connectivity index (χ1) is 12.9. The van der Waals surface area contributed by atoms with Gasteiger partial charge in [0, 0.05) is 6.07 Å². The zero-order chi connectivity index (χ0) is 19.6. The van der Waals surface area contributed by atoms with E-state index < -0.39 is 10.7 Å². The summed E-state index contributed by atoms with van der Waals surface area (Å²) in [6, 6.07) is 11.6. The van der Waals surface area contributed by atoms with Gasteiger partial charge in [-0.2, -0.15) is 0 Å².